The van der Waals surface area contributed by atoms with Gasteiger partial charge in [0.1, 0.15) is 0 Å². The second-order valence-corrected chi connectivity index (χ2v) is 6.51. The van der Waals surface area contributed by atoms with Gasteiger partial charge in [-0.2, -0.15) is 0 Å². The minimum absolute atomic E-state index is 0.0229. The molecule has 0 saturated heterocycles. The van der Waals surface area contributed by atoms with Gasteiger partial charge in [-0.1, -0.05) is 13.8 Å². The fourth-order valence-electron chi connectivity index (χ4n) is 1.91. The molecule has 19 heavy (non-hydrogen) atoms. The third-order valence-electron chi connectivity index (χ3n) is 2.57. The van der Waals surface area contributed by atoms with E-state index >= 15 is 0 Å². The Balaban J connectivity index is 4.01. The SMILES string of the molecule is CC(C)C[C@H](CN)CC(=O)NCC(=O)NC(C)(C)C. The van der Waals surface area contributed by atoms with Crippen molar-refractivity contribution in [3.05, 3.63) is 0 Å². The maximum atomic E-state index is 11.7. The highest BCUT2D eigenvalue weighted by atomic mass is 16.2. The highest BCUT2D eigenvalue weighted by Gasteiger charge is 2.16. The van der Waals surface area contributed by atoms with Crippen molar-refractivity contribution < 1.29 is 9.59 Å². The topological polar surface area (TPSA) is 84.2 Å². The van der Waals surface area contributed by atoms with E-state index in [1.807, 2.05) is 20.8 Å². The molecule has 0 unspecified atom stereocenters. The summed E-state index contributed by atoms with van der Waals surface area (Å²) >= 11 is 0. The minimum atomic E-state index is -0.279. The molecule has 0 heterocycles. The highest BCUT2D eigenvalue weighted by molar-refractivity contribution is 5.85. The molecular weight excluding hydrogens is 242 g/mol. The molecule has 0 aromatic carbocycles. The first-order valence-corrected chi connectivity index (χ1v) is 6.91. The van der Waals surface area contributed by atoms with Crippen LogP contribution in [0.2, 0.25) is 0 Å². The van der Waals surface area contributed by atoms with Gasteiger partial charge in [-0.3, -0.25) is 9.59 Å². The molecule has 0 aliphatic rings. The van der Waals surface area contributed by atoms with Crippen molar-refractivity contribution in [1.82, 2.24) is 10.6 Å². The summed E-state index contributed by atoms with van der Waals surface area (Å²) in [5.41, 5.74) is 5.37. The Morgan fingerprint density at radius 2 is 1.74 bits per heavy atom. The lowest BCUT2D eigenvalue weighted by Gasteiger charge is -2.21. The van der Waals surface area contributed by atoms with E-state index in [0.29, 0.717) is 18.9 Å². The summed E-state index contributed by atoms with van der Waals surface area (Å²) in [4.78, 5) is 23.3. The number of nitrogens with two attached hydrogens (primary N) is 1. The van der Waals surface area contributed by atoms with Crippen LogP contribution in [0.1, 0.15) is 47.5 Å². The lowest BCUT2D eigenvalue weighted by Crippen LogP contribution is -2.46. The Labute approximate surface area is 116 Å². The molecule has 2 amide bonds. The summed E-state index contributed by atoms with van der Waals surface area (Å²) in [5.74, 6) is 0.422. The zero-order chi connectivity index (χ0) is 15.1. The lowest BCUT2D eigenvalue weighted by atomic mass is 9.94. The summed E-state index contributed by atoms with van der Waals surface area (Å²) in [6.07, 6.45) is 1.32. The standard InChI is InChI=1S/C14H29N3O2/c1-10(2)6-11(8-15)7-12(18)16-9-13(19)17-14(3,4)5/h10-11H,6-9,15H2,1-5H3,(H,16,18)(H,17,19)/t11-/m0/s1. The quantitative estimate of drug-likeness (QED) is 0.646. The molecule has 0 aromatic heterocycles. The first kappa shape index (κ1) is 17.9. The molecule has 5 nitrogen and oxygen atoms in total. The zero-order valence-corrected chi connectivity index (χ0v) is 12.9. The van der Waals surface area contributed by atoms with Crippen LogP contribution in [0.5, 0.6) is 0 Å². The van der Waals surface area contributed by atoms with Crippen LogP contribution in [-0.4, -0.2) is 30.4 Å². The average Bonchev–Trinajstić information content (AvgIpc) is 2.22. The van der Waals surface area contributed by atoms with Crippen molar-refractivity contribution in [1.29, 1.82) is 0 Å². The number of hydrogen-bond donors (Lipinski definition) is 3. The van der Waals surface area contributed by atoms with E-state index in [-0.39, 0.29) is 29.8 Å². The van der Waals surface area contributed by atoms with E-state index in [9.17, 15) is 9.59 Å². The molecule has 5 heteroatoms. The van der Waals surface area contributed by atoms with E-state index in [1.54, 1.807) is 0 Å². The lowest BCUT2D eigenvalue weighted by molar-refractivity contribution is -0.127. The molecule has 0 spiro atoms. The van der Waals surface area contributed by atoms with Gasteiger partial charge in [-0.05, 0) is 45.6 Å². The van der Waals surface area contributed by atoms with Gasteiger partial charge < -0.3 is 16.4 Å². The molecule has 0 radical (unpaired) electrons. The van der Waals surface area contributed by atoms with Gasteiger partial charge in [-0.15, -0.1) is 0 Å². The predicted molar refractivity (Wildman–Crippen MR) is 77.5 cm³/mol. The second kappa shape index (κ2) is 8.15. The Kier molecular flexibility index (Phi) is 7.68. The molecule has 0 rings (SSSR count). The normalized spacial score (nSPS) is 13.2. The van der Waals surface area contributed by atoms with Crippen LogP contribution < -0.4 is 16.4 Å². The van der Waals surface area contributed by atoms with Crippen molar-refractivity contribution >= 4 is 11.8 Å². The monoisotopic (exact) mass is 271 g/mol. The van der Waals surface area contributed by atoms with Gasteiger partial charge in [0.25, 0.3) is 0 Å². The molecule has 1 atom stereocenters. The maximum Gasteiger partial charge on any atom is 0.239 e. The fourth-order valence-corrected chi connectivity index (χ4v) is 1.91. The van der Waals surface area contributed by atoms with Gasteiger partial charge in [0, 0.05) is 12.0 Å². The first-order valence-electron chi connectivity index (χ1n) is 6.91. The van der Waals surface area contributed by atoms with Crippen molar-refractivity contribution in [3.63, 3.8) is 0 Å². The number of hydrogen-bond acceptors (Lipinski definition) is 3. The van der Waals surface area contributed by atoms with Crippen LogP contribution >= 0.6 is 0 Å². The smallest absolute Gasteiger partial charge is 0.239 e. The van der Waals surface area contributed by atoms with Crippen molar-refractivity contribution in [2.45, 2.75) is 53.0 Å². The Morgan fingerprint density at radius 1 is 1.16 bits per heavy atom. The number of carbonyl (C=O) groups excluding carboxylic acids is 2. The summed E-state index contributed by atoms with van der Waals surface area (Å²) < 4.78 is 0. The van der Waals surface area contributed by atoms with Gasteiger partial charge in [0.05, 0.1) is 6.54 Å². The van der Waals surface area contributed by atoms with Crippen LogP contribution in [0.15, 0.2) is 0 Å². The van der Waals surface area contributed by atoms with Crippen LogP contribution in [0, 0.1) is 11.8 Å². The summed E-state index contributed by atoms with van der Waals surface area (Å²) in [7, 11) is 0. The van der Waals surface area contributed by atoms with Crippen LogP contribution in [-0.2, 0) is 9.59 Å². The largest absolute Gasteiger partial charge is 0.350 e. The van der Waals surface area contributed by atoms with E-state index in [2.05, 4.69) is 24.5 Å². The van der Waals surface area contributed by atoms with Crippen molar-refractivity contribution in [2.24, 2.45) is 17.6 Å². The summed E-state index contributed by atoms with van der Waals surface area (Å²) in [5, 5.41) is 5.43. The minimum Gasteiger partial charge on any atom is -0.350 e. The zero-order valence-electron chi connectivity index (χ0n) is 12.9. The number of nitrogens with one attached hydrogen (secondary N) is 2. The molecule has 0 aromatic rings. The molecule has 0 saturated carbocycles. The Bertz CT molecular complexity index is 296. The second-order valence-electron chi connectivity index (χ2n) is 6.51. The molecule has 0 aliphatic carbocycles. The summed E-state index contributed by atoms with van der Waals surface area (Å²) in [6, 6.07) is 0. The third kappa shape index (κ3) is 10.5. The fraction of sp³-hybridized carbons (Fsp3) is 0.857. The average molecular weight is 271 g/mol. The van der Waals surface area contributed by atoms with Crippen LogP contribution in [0.3, 0.4) is 0 Å². The van der Waals surface area contributed by atoms with Gasteiger partial charge in [0.2, 0.25) is 11.8 Å². The molecule has 0 bridgehead atoms. The molecule has 0 aliphatic heterocycles. The predicted octanol–water partition coefficient (Wildman–Crippen LogP) is 1.03. The van der Waals surface area contributed by atoms with Gasteiger partial charge >= 0.3 is 0 Å². The molecule has 4 N–H and O–H groups in total. The van der Waals surface area contributed by atoms with E-state index in [1.165, 1.54) is 0 Å². The Morgan fingerprint density at radius 3 is 2.16 bits per heavy atom. The van der Waals surface area contributed by atoms with E-state index in [0.717, 1.165) is 6.42 Å². The Hall–Kier alpha value is -1.10. The molecule has 112 valence electrons. The molecule has 0 fully saturated rings. The van der Waals surface area contributed by atoms with Gasteiger partial charge in [0.15, 0.2) is 0 Å². The maximum absolute atomic E-state index is 11.7. The number of amides is 2. The summed E-state index contributed by atoms with van der Waals surface area (Å²) in [6.45, 7) is 10.4. The van der Waals surface area contributed by atoms with Crippen LogP contribution in [0.25, 0.3) is 0 Å². The first-order chi connectivity index (χ1) is 8.64. The van der Waals surface area contributed by atoms with Crippen molar-refractivity contribution in [2.75, 3.05) is 13.1 Å². The van der Waals surface area contributed by atoms with E-state index in [4.69, 9.17) is 5.73 Å². The van der Waals surface area contributed by atoms with Gasteiger partial charge in [-0.25, -0.2) is 0 Å². The number of carbonyl (C=O) groups is 2. The molecular formula is C14H29N3O2. The third-order valence-corrected chi connectivity index (χ3v) is 2.57. The highest BCUT2D eigenvalue weighted by Crippen LogP contribution is 2.13. The van der Waals surface area contributed by atoms with E-state index < -0.39 is 0 Å². The number of rotatable bonds is 7. The van der Waals surface area contributed by atoms with Crippen LogP contribution in [0.4, 0.5) is 0 Å². The van der Waals surface area contributed by atoms with Crippen molar-refractivity contribution in [3.8, 4) is 0 Å².